The third kappa shape index (κ3) is 4.04. The number of halogens is 1. The number of aromatic nitrogens is 2. The van der Waals surface area contributed by atoms with Gasteiger partial charge < -0.3 is 16.0 Å². The zero-order valence-corrected chi connectivity index (χ0v) is 14.7. The van der Waals surface area contributed by atoms with Crippen LogP contribution in [0.3, 0.4) is 0 Å². The average molecular weight is 373 g/mol. The van der Waals surface area contributed by atoms with Crippen LogP contribution >= 0.6 is 0 Å². The first-order valence-corrected chi connectivity index (χ1v) is 8.58. The van der Waals surface area contributed by atoms with Gasteiger partial charge in [0.1, 0.15) is 18.0 Å². The Morgan fingerprint density at radius 1 is 0.786 bits per heavy atom. The number of anilines is 4. The second-order valence-electron chi connectivity index (χ2n) is 6.03. The van der Waals surface area contributed by atoms with Gasteiger partial charge in [-0.2, -0.15) is 0 Å². The molecule has 4 aromatic rings. The van der Waals surface area contributed by atoms with Crippen molar-refractivity contribution in [1.29, 1.82) is 0 Å². The lowest BCUT2D eigenvalue weighted by molar-refractivity contribution is 0.262. The summed E-state index contributed by atoms with van der Waals surface area (Å²) in [6.45, 7) is 0. The van der Waals surface area contributed by atoms with Crippen molar-refractivity contribution in [3.8, 4) is 0 Å². The molecule has 0 saturated carbocycles. The summed E-state index contributed by atoms with van der Waals surface area (Å²) in [7, 11) is 0. The molecular formula is C21H16FN5O. The Hall–Kier alpha value is -4.00. The van der Waals surface area contributed by atoms with Crippen molar-refractivity contribution in [3.63, 3.8) is 0 Å². The number of nitrogens with zero attached hydrogens (tertiary/aromatic N) is 2. The lowest BCUT2D eigenvalue weighted by Gasteiger charge is -2.11. The minimum Gasteiger partial charge on any atom is -0.340 e. The van der Waals surface area contributed by atoms with Crippen molar-refractivity contribution in [2.45, 2.75) is 0 Å². The van der Waals surface area contributed by atoms with Crippen molar-refractivity contribution in [2.24, 2.45) is 0 Å². The van der Waals surface area contributed by atoms with E-state index in [9.17, 15) is 9.18 Å². The van der Waals surface area contributed by atoms with Gasteiger partial charge in [0.2, 0.25) is 0 Å². The van der Waals surface area contributed by atoms with Crippen LogP contribution in [0.2, 0.25) is 0 Å². The van der Waals surface area contributed by atoms with Gasteiger partial charge >= 0.3 is 6.03 Å². The lowest BCUT2D eigenvalue weighted by atomic mass is 10.2. The Balaban J connectivity index is 1.53. The van der Waals surface area contributed by atoms with Crippen LogP contribution < -0.4 is 16.0 Å². The molecule has 0 atom stereocenters. The van der Waals surface area contributed by atoms with Crippen LogP contribution in [0.4, 0.5) is 32.1 Å². The Morgan fingerprint density at radius 3 is 2.29 bits per heavy atom. The first kappa shape index (κ1) is 17.4. The Bertz CT molecular complexity index is 1120. The van der Waals surface area contributed by atoms with Crippen molar-refractivity contribution in [2.75, 3.05) is 16.0 Å². The molecular weight excluding hydrogens is 357 g/mol. The topological polar surface area (TPSA) is 78.9 Å². The van der Waals surface area contributed by atoms with E-state index in [-0.39, 0.29) is 11.8 Å². The van der Waals surface area contributed by atoms with Gasteiger partial charge in [-0.25, -0.2) is 19.2 Å². The summed E-state index contributed by atoms with van der Waals surface area (Å²) in [5.74, 6) is 0.291. The highest BCUT2D eigenvalue weighted by Gasteiger charge is 2.08. The van der Waals surface area contributed by atoms with Gasteiger partial charge in [0.05, 0.1) is 5.52 Å². The van der Waals surface area contributed by atoms with Gasteiger partial charge in [-0.1, -0.05) is 18.2 Å². The van der Waals surface area contributed by atoms with Crippen molar-refractivity contribution in [1.82, 2.24) is 9.97 Å². The van der Waals surface area contributed by atoms with Crippen LogP contribution in [-0.2, 0) is 0 Å². The number of amides is 2. The Kier molecular flexibility index (Phi) is 4.79. The lowest BCUT2D eigenvalue weighted by Crippen LogP contribution is -2.19. The third-order valence-corrected chi connectivity index (χ3v) is 4.03. The molecule has 3 aromatic carbocycles. The fourth-order valence-electron chi connectivity index (χ4n) is 2.72. The summed E-state index contributed by atoms with van der Waals surface area (Å²) in [5.41, 5.74) is 2.68. The van der Waals surface area contributed by atoms with E-state index in [0.29, 0.717) is 28.4 Å². The number of urea groups is 1. The van der Waals surface area contributed by atoms with E-state index >= 15 is 0 Å². The number of carbonyl (C=O) groups excluding carboxylic acids is 1. The second-order valence-corrected chi connectivity index (χ2v) is 6.03. The van der Waals surface area contributed by atoms with Gasteiger partial charge in [0.15, 0.2) is 0 Å². The van der Waals surface area contributed by atoms with Gasteiger partial charge in [-0.15, -0.1) is 0 Å². The maximum atomic E-state index is 13.1. The molecule has 0 spiro atoms. The van der Waals surface area contributed by atoms with Crippen LogP contribution in [0, 0.1) is 5.82 Å². The highest BCUT2D eigenvalue weighted by atomic mass is 19.1. The standard InChI is InChI=1S/C21H16FN5O/c22-14-6-8-16(9-7-14)25-20-18-11-10-17(12-19(18)23-13-24-20)27-21(28)26-15-4-2-1-3-5-15/h1-13H,(H,23,24,25)(H2,26,27,28). The molecule has 138 valence electrons. The summed E-state index contributed by atoms with van der Waals surface area (Å²) in [6.07, 6.45) is 1.43. The molecule has 4 rings (SSSR count). The molecule has 6 nitrogen and oxygen atoms in total. The molecule has 3 N–H and O–H groups in total. The predicted molar refractivity (Wildman–Crippen MR) is 108 cm³/mol. The number of fused-ring (bicyclic) bond motifs is 1. The highest BCUT2D eigenvalue weighted by Crippen LogP contribution is 2.25. The van der Waals surface area contributed by atoms with Gasteiger partial charge in [-0.05, 0) is 54.6 Å². The molecule has 0 aliphatic rings. The van der Waals surface area contributed by atoms with Crippen LogP contribution in [-0.4, -0.2) is 16.0 Å². The minimum atomic E-state index is -0.343. The zero-order valence-electron chi connectivity index (χ0n) is 14.7. The number of para-hydroxylation sites is 1. The van der Waals surface area contributed by atoms with E-state index < -0.39 is 0 Å². The summed E-state index contributed by atoms with van der Waals surface area (Å²) in [4.78, 5) is 20.7. The highest BCUT2D eigenvalue weighted by molar-refractivity contribution is 6.01. The smallest absolute Gasteiger partial charge is 0.323 e. The van der Waals surface area contributed by atoms with Crippen molar-refractivity contribution < 1.29 is 9.18 Å². The summed E-state index contributed by atoms with van der Waals surface area (Å²) in [5, 5.41) is 9.47. The van der Waals surface area contributed by atoms with Crippen LogP contribution in [0.25, 0.3) is 10.9 Å². The third-order valence-electron chi connectivity index (χ3n) is 4.03. The number of hydrogen-bond donors (Lipinski definition) is 3. The molecule has 0 unspecified atom stereocenters. The minimum absolute atomic E-state index is 0.303. The summed E-state index contributed by atoms with van der Waals surface area (Å²) in [6, 6.07) is 20.2. The first-order chi connectivity index (χ1) is 13.7. The van der Waals surface area contributed by atoms with Crippen LogP contribution in [0.15, 0.2) is 79.1 Å². The monoisotopic (exact) mass is 373 g/mol. The normalized spacial score (nSPS) is 10.5. The van der Waals surface area contributed by atoms with Crippen LogP contribution in [0.1, 0.15) is 0 Å². The van der Waals surface area contributed by atoms with Gasteiger partial charge in [0, 0.05) is 22.4 Å². The predicted octanol–water partition coefficient (Wildman–Crippen LogP) is 5.16. The van der Waals surface area contributed by atoms with E-state index in [1.807, 2.05) is 24.3 Å². The fourth-order valence-corrected chi connectivity index (χ4v) is 2.72. The first-order valence-electron chi connectivity index (χ1n) is 8.58. The molecule has 0 radical (unpaired) electrons. The van der Waals surface area contributed by atoms with E-state index in [1.165, 1.54) is 18.5 Å². The van der Waals surface area contributed by atoms with E-state index in [2.05, 4.69) is 25.9 Å². The number of nitrogens with one attached hydrogen (secondary N) is 3. The molecule has 1 aromatic heterocycles. The number of hydrogen-bond acceptors (Lipinski definition) is 4. The average Bonchev–Trinajstić information content (AvgIpc) is 2.70. The SMILES string of the molecule is O=C(Nc1ccccc1)Nc1ccc2c(Nc3ccc(F)cc3)ncnc2c1. The Morgan fingerprint density at radius 2 is 1.50 bits per heavy atom. The fraction of sp³-hybridized carbons (Fsp3) is 0. The van der Waals surface area contributed by atoms with E-state index in [4.69, 9.17) is 0 Å². The number of rotatable bonds is 4. The maximum absolute atomic E-state index is 13.1. The molecule has 0 fully saturated rings. The molecule has 1 heterocycles. The number of carbonyl (C=O) groups is 1. The van der Waals surface area contributed by atoms with Crippen molar-refractivity contribution in [3.05, 3.63) is 84.9 Å². The molecule has 28 heavy (non-hydrogen) atoms. The summed E-state index contributed by atoms with van der Waals surface area (Å²) >= 11 is 0. The molecule has 0 aliphatic heterocycles. The van der Waals surface area contributed by atoms with E-state index in [0.717, 1.165) is 5.39 Å². The second kappa shape index (κ2) is 7.71. The van der Waals surface area contributed by atoms with Crippen LogP contribution in [0.5, 0.6) is 0 Å². The molecule has 7 heteroatoms. The molecule has 0 aliphatic carbocycles. The maximum Gasteiger partial charge on any atom is 0.323 e. The van der Waals surface area contributed by atoms with E-state index in [1.54, 1.807) is 36.4 Å². The van der Waals surface area contributed by atoms with Gasteiger partial charge in [-0.3, -0.25) is 0 Å². The largest absolute Gasteiger partial charge is 0.340 e. The number of benzene rings is 3. The molecule has 2 amide bonds. The quantitative estimate of drug-likeness (QED) is 0.462. The molecule has 0 bridgehead atoms. The van der Waals surface area contributed by atoms with Gasteiger partial charge in [0.25, 0.3) is 0 Å². The summed E-state index contributed by atoms with van der Waals surface area (Å²) < 4.78 is 13.1. The Labute approximate surface area is 160 Å². The molecule has 0 saturated heterocycles. The van der Waals surface area contributed by atoms with Crippen molar-refractivity contribution >= 4 is 39.8 Å². The zero-order chi connectivity index (χ0) is 19.3.